The molecule has 0 bridgehead atoms. The minimum atomic E-state index is -0.344. The standard InChI is InChI=1S/C23H24ClN5O3/c24-20-11-18(3-1-15(20)12-25)29-8-5-17(14-29)27-22(31)21-4-2-16(13-26-21)23(32)28-9-6-19(30)7-10-28/h1-4,11,13,17,19,30H,5-10,14H2,(H,27,31)/t17-/m0/s1. The molecule has 2 amide bonds. The van der Waals surface area contributed by atoms with E-state index in [-0.39, 0.29) is 29.7 Å². The fourth-order valence-electron chi connectivity index (χ4n) is 4.07. The summed E-state index contributed by atoms with van der Waals surface area (Å²) in [6.07, 6.45) is 3.02. The van der Waals surface area contributed by atoms with Crippen LogP contribution in [0.5, 0.6) is 0 Å². The fraction of sp³-hybridized carbons (Fsp3) is 0.391. The Kier molecular flexibility index (Phi) is 6.58. The van der Waals surface area contributed by atoms with Gasteiger partial charge in [0.15, 0.2) is 0 Å². The van der Waals surface area contributed by atoms with Crippen LogP contribution in [0.4, 0.5) is 5.69 Å². The minimum Gasteiger partial charge on any atom is -0.393 e. The van der Waals surface area contributed by atoms with Crippen LogP contribution >= 0.6 is 11.6 Å². The number of halogens is 1. The molecule has 4 rings (SSSR count). The second kappa shape index (κ2) is 9.55. The first-order valence-corrected chi connectivity index (χ1v) is 11.0. The summed E-state index contributed by atoms with van der Waals surface area (Å²) in [4.78, 5) is 33.2. The van der Waals surface area contributed by atoms with Crippen molar-refractivity contribution in [1.82, 2.24) is 15.2 Å². The highest BCUT2D eigenvalue weighted by Gasteiger charge is 2.26. The molecule has 32 heavy (non-hydrogen) atoms. The van der Waals surface area contributed by atoms with Gasteiger partial charge in [0.05, 0.1) is 22.3 Å². The molecular formula is C23H24ClN5O3. The number of nitrogens with zero attached hydrogens (tertiary/aromatic N) is 4. The second-order valence-corrected chi connectivity index (χ2v) is 8.54. The van der Waals surface area contributed by atoms with Crippen molar-refractivity contribution >= 4 is 29.1 Å². The maximum atomic E-state index is 12.6. The molecule has 1 aromatic carbocycles. The Hall–Kier alpha value is -3.15. The van der Waals surface area contributed by atoms with Crippen LogP contribution in [-0.4, -0.2) is 65.1 Å². The molecule has 8 nitrogen and oxygen atoms in total. The fourth-order valence-corrected chi connectivity index (χ4v) is 4.29. The number of aliphatic hydroxyl groups excluding tert-OH is 1. The molecule has 2 fully saturated rings. The summed E-state index contributed by atoms with van der Waals surface area (Å²) in [6, 6.07) is 10.5. The topological polar surface area (TPSA) is 110 Å². The lowest BCUT2D eigenvalue weighted by molar-refractivity contribution is 0.0545. The lowest BCUT2D eigenvalue weighted by Gasteiger charge is -2.29. The maximum absolute atomic E-state index is 12.6. The molecule has 0 saturated carbocycles. The number of nitrogens with one attached hydrogen (secondary N) is 1. The number of hydrogen-bond acceptors (Lipinski definition) is 6. The molecule has 0 radical (unpaired) electrons. The third kappa shape index (κ3) is 4.85. The van der Waals surface area contributed by atoms with E-state index in [4.69, 9.17) is 16.9 Å². The zero-order valence-corrected chi connectivity index (χ0v) is 18.3. The molecule has 1 atom stereocenters. The molecule has 2 N–H and O–H groups in total. The molecule has 2 aliphatic heterocycles. The number of amides is 2. The van der Waals surface area contributed by atoms with Crippen LogP contribution in [0.25, 0.3) is 0 Å². The highest BCUT2D eigenvalue weighted by Crippen LogP contribution is 2.26. The predicted molar refractivity (Wildman–Crippen MR) is 120 cm³/mol. The van der Waals surface area contributed by atoms with E-state index in [1.165, 1.54) is 6.20 Å². The predicted octanol–water partition coefficient (Wildman–Crippen LogP) is 2.21. The summed E-state index contributed by atoms with van der Waals surface area (Å²) in [5.74, 6) is -0.418. The first-order valence-electron chi connectivity index (χ1n) is 10.6. The van der Waals surface area contributed by atoms with Gasteiger partial charge in [0.2, 0.25) is 0 Å². The smallest absolute Gasteiger partial charge is 0.270 e. The number of aliphatic hydroxyl groups is 1. The van der Waals surface area contributed by atoms with Crippen molar-refractivity contribution in [1.29, 1.82) is 5.26 Å². The first-order chi connectivity index (χ1) is 15.4. The lowest BCUT2D eigenvalue weighted by atomic mass is 10.1. The number of carbonyl (C=O) groups excluding carboxylic acids is 2. The number of pyridine rings is 1. The van der Waals surface area contributed by atoms with Gasteiger partial charge < -0.3 is 20.2 Å². The van der Waals surface area contributed by atoms with E-state index >= 15 is 0 Å². The quantitative estimate of drug-likeness (QED) is 0.734. The number of piperidine rings is 1. The molecule has 0 spiro atoms. The Morgan fingerprint density at radius 3 is 2.59 bits per heavy atom. The number of benzene rings is 1. The summed E-state index contributed by atoms with van der Waals surface area (Å²) >= 11 is 6.13. The summed E-state index contributed by atoms with van der Waals surface area (Å²) in [6.45, 7) is 2.43. The number of carbonyl (C=O) groups is 2. The van der Waals surface area contributed by atoms with E-state index in [9.17, 15) is 14.7 Å². The van der Waals surface area contributed by atoms with Gasteiger partial charge in [-0.05, 0) is 49.6 Å². The largest absolute Gasteiger partial charge is 0.393 e. The molecule has 0 aliphatic carbocycles. The molecule has 2 saturated heterocycles. The summed E-state index contributed by atoms with van der Waals surface area (Å²) in [5, 5.41) is 22.0. The van der Waals surface area contributed by atoms with E-state index < -0.39 is 0 Å². The maximum Gasteiger partial charge on any atom is 0.270 e. The average Bonchev–Trinajstić information content (AvgIpc) is 3.27. The van der Waals surface area contributed by atoms with Crippen LogP contribution < -0.4 is 10.2 Å². The van der Waals surface area contributed by atoms with Crippen LogP contribution in [0.2, 0.25) is 5.02 Å². The van der Waals surface area contributed by atoms with Crippen molar-refractivity contribution in [3.05, 3.63) is 58.4 Å². The number of nitriles is 1. The third-order valence-electron chi connectivity index (χ3n) is 5.96. The molecule has 0 unspecified atom stereocenters. The summed E-state index contributed by atoms with van der Waals surface area (Å²) in [7, 11) is 0. The molecular weight excluding hydrogens is 430 g/mol. The number of aromatic nitrogens is 1. The van der Waals surface area contributed by atoms with Gasteiger partial charge >= 0.3 is 0 Å². The minimum absolute atomic E-state index is 0.0418. The molecule has 1 aromatic heterocycles. The van der Waals surface area contributed by atoms with Gasteiger partial charge in [-0.15, -0.1) is 0 Å². The molecule has 2 aliphatic rings. The Morgan fingerprint density at radius 1 is 1.16 bits per heavy atom. The lowest BCUT2D eigenvalue weighted by Crippen LogP contribution is -2.40. The number of hydrogen-bond donors (Lipinski definition) is 2. The van der Waals surface area contributed by atoms with Crippen LogP contribution in [0.1, 0.15) is 45.7 Å². The molecule has 166 valence electrons. The van der Waals surface area contributed by atoms with Gasteiger partial charge in [-0.25, -0.2) is 0 Å². The van der Waals surface area contributed by atoms with Crippen molar-refractivity contribution in [2.24, 2.45) is 0 Å². The van der Waals surface area contributed by atoms with Gasteiger partial charge in [-0.3, -0.25) is 14.6 Å². The summed E-state index contributed by atoms with van der Waals surface area (Å²) < 4.78 is 0. The normalized spacial score (nSPS) is 19.0. The van der Waals surface area contributed by atoms with Crippen molar-refractivity contribution in [3.8, 4) is 6.07 Å². The second-order valence-electron chi connectivity index (χ2n) is 8.14. The van der Waals surface area contributed by atoms with Crippen LogP contribution in [0, 0.1) is 11.3 Å². The van der Waals surface area contributed by atoms with E-state index in [1.54, 1.807) is 29.2 Å². The van der Waals surface area contributed by atoms with Crippen LogP contribution in [0.3, 0.4) is 0 Å². The van der Waals surface area contributed by atoms with Crippen molar-refractivity contribution in [3.63, 3.8) is 0 Å². The van der Waals surface area contributed by atoms with Gasteiger partial charge in [0.1, 0.15) is 11.8 Å². The number of anilines is 1. The number of rotatable bonds is 4. The van der Waals surface area contributed by atoms with Gasteiger partial charge in [-0.1, -0.05) is 11.6 Å². The van der Waals surface area contributed by atoms with E-state index in [0.29, 0.717) is 48.6 Å². The zero-order valence-electron chi connectivity index (χ0n) is 17.5. The Balaban J connectivity index is 1.33. The third-order valence-corrected chi connectivity index (χ3v) is 6.27. The van der Waals surface area contributed by atoms with E-state index in [2.05, 4.69) is 15.2 Å². The van der Waals surface area contributed by atoms with Crippen LogP contribution in [-0.2, 0) is 0 Å². The Labute approximate surface area is 191 Å². The van der Waals surface area contributed by atoms with E-state index in [0.717, 1.165) is 18.7 Å². The SMILES string of the molecule is N#Cc1ccc(N2CC[C@H](NC(=O)c3ccc(C(=O)N4CCC(O)CC4)cn3)C2)cc1Cl. The Morgan fingerprint density at radius 2 is 1.94 bits per heavy atom. The highest BCUT2D eigenvalue weighted by atomic mass is 35.5. The van der Waals surface area contributed by atoms with Gasteiger partial charge in [0.25, 0.3) is 11.8 Å². The summed E-state index contributed by atoms with van der Waals surface area (Å²) in [5.41, 5.74) is 2.04. The number of likely N-dealkylation sites (tertiary alicyclic amines) is 1. The van der Waals surface area contributed by atoms with Crippen molar-refractivity contribution in [2.45, 2.75) is 31.4 Å². The molecule has 2 aromatic rings. The molecule has 9 heteroatoms. The monoisotopic (exact) mass is 453 g/mol. The van der Waals surface area contributed by atoms with Gasteiger partial charge in [-0.2, -0.15) is 5.26 Å². The highest BCUT2D eigenvalue weighted by molar-refractivity contribution is 6.32. The molecule has 3 heterocycles. The van der Waals surface area contributed by atoms with Crippen molar-refractivity contribution in [2.75, 3.05) is 31.1 Å². The first kappa shape index (κ1) is 22.1. The van der Waals surface area contributed by atoms with Crippen LogP contribution in [0.15, 0.2) is 36.5 Å². The zero-order chi connectivity index (χ0) is 22.7. The van der Waals surface area contributed by atoms with Gasteiger partial charge in [0, 0.05) is 44.1 Å². The average molecular weight is 454 g/mol. The Bertz CT molecular complexity index is 1040. The van der Waals surface area contributed by atoms with Crippen molar-refractivity contribution < 1.29 is 14.7 Å². The van der Waals surface area contributed by atoms with E-state index in [1.807, 2.05) is 12.1 Å².